The summed E-state index contributed by atoms with van der Waals surface area (Å²) in [7, 11) is 0. The molecular weight excluding hydrogens is 436 g/mol. The van der Waals surface area contributed by atoms with E-state index >= 15 is 0 Å². The summed E-state index contributed by atoms with van der Waals surface area (Å²) in [5.41, 5.74) is 4.58. The summed E-state index contributed by atoms with van der Waals surface area (Å²) in [5.74, 6) is -0.841. The molecule has 2 aromatic heterocycles. The average molecular weight is 460 g/mol. The molecule has 0 radical (unpaired) electrons. The molecule has 2 aliphatic heterocycles. The zero-order valence-corrected chi connectivity index (χ0v) is 18.8. The number of fused-ring (bicyclic) bond motifs is 1. The summed E-state index contributed by atoms with van der Waals surface area (Å²) < 4.78 is 5.07. The predicted molar refractivity (Wildman–Crippen MR) is 122 cm³/mol. The smallest absolute Gasteiger partial charge is 0.395 e. The quantitative estimate of drug-likeness (QED) is 0.429. The van der Waals surface area contributed by atoms with Gasteiger partial charge in [-0.2, -0.15) is 0 Å². The third kappa shape index (κ3) is 4.05. The van der Waals surface area contributed by atoms with Gasteiger partial charge in [-0.1, -0.05) is 24.3 Å². The van der Waals surface area contributed by atoms with Crippen LogP contribution in [-0.2, 0) is 13.1 Å². The Balaban J connectivity index is 1.30. The molecule has 9 nitrogen and oxygen atoms in total. The Kier molecular flexibility index (Phi) is 5.61. The van der Waals surface area contributed by atoms with Gasteiger partial charge in [-0.3, -0.25) is 24.7 Å². The van der Waals surface area contributed by atoms with Crippen LogP contribution in [-0.4, -0.2) is 44.6 Å². The number of amides is 2. The Hall–Kier alpha value is -4.01. The number of pyridine rings is 1. The maximum atomic E-state index is 13.5. The monoisotopic (exact) mass is 460 g/mol. The van der Waals surface area contributed by atoms with Crippen LogP contribution in [0.2, 0.25) is 0 Å². The molecule has 0 unspecified atom stereocenters. The average Bonchev–Trinajstić information content (AvgIpc) is 3.51. The van der Waals surface area contributed by atoms with Crippen LogP contribution in [0.15, 0.2) is 52.9 Å². The zero-order valence-electron chi connectivity index (χ0n) is 18.8. The highest BCUT2D eigenvalue weighted by Gasteiger charge is 2.32. The van der Waals surface area contributed by atoms with E-state index in [4.69, 9.17) is 9.40 Å². The van der Waals surface area contributed by atoms with E-state index < -0.39 is 10.8 Å². The number of furan rings is 1. The molecule has 34 heavy (non-hydrogen) atoms. The fourth-order valence-electron chi connectivity index (χ4n) is 4.77. The number of carbonyl (C=O) groups excluding carboxylic acids is 2. The van der Waals surface area contributed by atoms with Crippen LogP contribution in [0.25, 0.3) is 0 Å². The molecule has 2 aliphatic rings. The molecule has 0 spiro atoms. The lowest BCUT2D eigenvalue weighted by Gasteiger charge is -2.32. The Morgan fingerprint density at radius 2 is 1.65 bits per heavy atom. The van der Waals surface area contributed by atoms with Gasteiger partial charge in [0.2, 0.25) is 0 Å². The molecule has 174 valence electrons. The Morgan fingerprint density at radius 3 is 2.26 bits per heavy atom. The van der Waals surface area contributed by atoms with E-state index in [9.17, 15) is 19.7 Å². The van der Waals surface area contributed by atoms with Gasteiger partial charge in [-0.15, -0.1) is 0 Å². The number of aryl methyl sites for hydroxylation is 1. The minimum Gasteiger partial charge on any atom is -0.395 e. The van der Waals surface area contributed by atoms with Crippen LogP contribution in [0.3, 0.4) is 0 Å². The standard InChI is InChI=1S/C25H24N4O5/c1-16-6-7-20(24(30)28-14-18-4-2-3-5-19(18)15-28)23(26-16)17-10-12-27(13-11-17)25(31)21-8-9-22(34-21)29(32)33/h2-9,17H,10-15H2,1H3. The van der Waals surface area contributed by atoms with Crippen molar-refractivity contribution in [2.24, 2.45) is 0 Å². The van der Waals surface area contributed by atoms with Gasteiger partial charge >= 0.3 is 5.88 Å². The van der Waals surface area contributed by atoms with E-state index in [0.29, 0.717) is 44.6 Å². The van der Waals surface area contributed by atoms with Crippen molar-refractivity contribution in [2.75, 3.05) is 13.1 Å². The first-order chi connectivity index (χ1) is 16.4. The number of carbonyl (C=O) groups is 2. The minimum atomic E-state index is -0.663. The number of nitro groups is 1. The third-order valence-corrected chi connectivity index (χ3v) is 6.57. The second kappa shape index (κ2) is 8.74. The van der Waals surface area contributed by atoms with Gasteiger partial charge in [-0.25, -0.2) is 0 Å². The van der Waals surface area contributed by atoms with Crippen molar-refractivity contribution in [1.29, 1.82) is 0 Å². The number of rotatable bonds is 4. The van der Waals surface area contributed by atoms with Gasteiger partial charge in [-0.05, 0) is 49.1 Å². The van der Waals surface area contributed by atoms with Gasteiger partial charge in [0.15, 0.2) is 5.76 Å². The molecule has 5 rings (SSSR count). The number of piperidine rings is 1. The lowest BCUT2D eigenvalue weighted by Crippen LogP contribution is -2.38. The number of hydrogen-bond donors (Lipinski definition) is 0. The van der Waals surface area contributed by atoms with E-state index in [2.05, 4.69) is 12.1 Å². The van der Waals surface area contributed by atoms with Crippen molar-refractivity contribution in [2.45, 2.75) is 38.8 Å². The van der Waals surface area contributed by atoms with E-state index in [1.54, 1.807) is 4.90 Å². The molecule has 9 heteroatoms. The van der Waals surface area contributed by atoms with Gasteiger partial charge in [0.1, 0.15) is 4.92 Å². The molecule has 0 bridgehead atoms. The fourth-order valence-corrected chi connectivity index (χ4v) is 4.77. The third-order valence-electron chi connectivity index (χ3n) is 6.57. The zero-order chi connectivity index (χ0) is 23.8. The number of likely N-dealkylation sites (tertiary alicyclic amines) is 1. The van der Waals surface area contributed by atoms with Crippen molar-refractivity contribution in [3.63, 3.8) is 0 Å². The highest BCUT2D eigenvalue weighted by atomic mass is 16.6. The van der Waals surface area contributed by atoms with Crippen molar-refractivity contribution in [1.82, 2.24) is 14.8 Å². The van der Waals surface area contributed by atoms with E-state index in [-0.39, 0.29) is 23.5 Å². The number of hydrogen-bond acceptors (Lipinski definition) is 6. The lowest BCUT2D eigenvalue weighted by molar-refractivity contribution is -0.402. The van der Waals surface area contributed by atoms with Gasteiger partial charge in [0.05, 0.1) is 17.3 Å². The second-order valence-electron chi connectivity index (χ2n) is 8.78. The van der Waals surface area contributed by atoms with Crippen molar-refractivity contribution >= 4 is 17.7 Å². The lowest BCUT2D eigenvalue weighted by atomic mass is 9.89. The molecule has 0 saturated carbocycles. The highest BCUT2D eigenvalue weighted by Crippen LogP contribution is 2.32. The summed E-state index contributed by atoms with van der Waals surface area (Å²) in [6.07, 6.45) is 1.29. The largest absolute Gasteiger partial charge is 0.433 e. The van der Waals surface area contributed by atoms with Crippen LogP contribution >= 0.6 is 0 Å². The summed E-state index contributed by atoms with van der Waals surface area (Å²) in [5, 5.41) is 10.8. The van der Waals surface area contributed by atoms with Crippen molar-refractivity contribution in [3.8, 4) is 0 Å². The molecule has 3 aromatic rings. The van der Waals surface area contributed by atoms with Crippen LogP contribution in [0.5, 0.6) is 0 Å². The molecule has 0 atom stereocenters. The fraction of sp³-hybridized carbons (Fsp3) is 0.320. The summed E-state index contributed by atoms with van der Waals surface area (Å²) >= 11 is 0. The topological polar surface area (TPSA) is 110 Å². The van der Waals surface area contributed by atoms with Crippen LogP contribution in [0.1, 0.15) is 62.2 Å². The summed E-state index contributed by atoms with van der Waals surface area (Å²) in [4.78, 5) is 44.6. The Morgan fingerprint density at radius 1 is 0.971 bits per heavy atom. The van der Waals surface area contributed by atoms with Gasteiger partial charge in [0.25, 0.3) is 11.8 Å². The second-order valence-corrected chi connectivity index (χ2v) is 8.78. The van der Waals surface area contributed by atoms with E-state index in [0.717, 1.165) is 11.4 Å². The van der Waals surface area contributed by atoms with Crippen molar-refractivity contribution in [3.05, 3.63) is 92.5 Å². The first-order valence-electron chi connectivity index (χ1n) is 11.3. The summed E-state index contributed by atoms with van der Waals surface area (Å²) in [6, 6.07) is 14.3. The van der Waals surface area contributed by atoms with Crippen molar-refractivity contribution < 1.29 is 18.9 Å². The molecule has 0 N–H and O–H groups in total. The van der Waals surface area contributed by atoms with Gasteiger partial charge < -0.3 is 14.2 Å². The van der Waals surface area contributed by atoms with Gasteiger partial charge in [0, 0.05) is 37.8 Å². The Labute approximate surface area is 196 Å². The summed E-state index contributed by atoms with van der Waals surface area (Å²) in [6.45, 7) is 3.99. The first-order valence-corrected chi connectivity index (χ1v) is 11.3. The minimum absolute atomic E-state index is 0.0277. The maximum absolute atomic E-state index is 13.5. The predicted octanol–water partition coefficient (Wildman–Crippen LogP) is 4.07. The van der Waals surface area contributed by atoms with Crippen LogP contribution < -0.4 is 0 Å². The van der Waals surface area contributed by atoms with E-state index in [1.165, 1.54) is 23.3 Å². The van der Waals surface area contributed by atoms with Crippen LogP contribution in [0, 0.1) is 17.0 Å². The number of aromatic nitrogens is 1. The van der Waals surface area contributed by atoms with E-state index in [1.807, 2.05) is 36.1 Å². The molecule has 1 aromatic carbocycles. The maximum Gasteiger partial charge on any atom is 0.433 e. The number of nitrogens with zero attached hydrogens (tertiary/aromatic N) is 4. The number of benzene rings is 1. The molecular formula is C25H24N4O5. The Bertz CT molecular complexity index is 1250. The molecule has 1 saturated heterocycles. The normalized spacial score (nSPS) is 15.9. The molecule has 0 aliphatic carbocycles. The highest BCUT2D eigenvalue weighted by molar-refractivity contribution is 5.96. The van der Waals surface area contributed by atoms with Crippen LogP contribution in [0.4, 0.5) is 5.88 Å². The molecule has 1 fully saturated rings. The molecule has 2 amide bonds. The SMILES string of the molecule is Cc1ccc(C(=O)N2Cc3ccccc3C2)c(C2CCN(C(=O)c3ccc([N+](=O)[O-])o3)CC2)n1. The first kappa shape index (κ1) is 21.8. The molecule has 4 heterocycles.